The monoisotopic (exact) mass is 326 g/mol. The second kappa shape index (κ2) is 7.50. The van der Waals surface area contributed by atoms with E-state index >= 15 is 0 Å². The number of rotatable bonds is 6. The van der Waals surface area contributed by atoms with Gasteiger partial charge >= 0.3 is 0 Å². The molecule has 2 rings (SSSR count). The standard InChI is InChI=1S/C18H22N4O2/c1-12(20-15-6-4-5-13(11-15)17(19)23)18(24)21-14-7-9-16(10-8-14)22(2)3/h4-12,20H,1-3H3,(H2,19,23)(H,21,24). The highest BCUT2D eigenvalue weighted by Gasteiger charge is 2.13. The van der Waals surface area contributed by atoms with Crippen LogP contribution in [0, 0.1) is 0 Å². The summed E-state index contributed by atoms with van der Waals surface area (Å²) in [5.41, 5.74) is 8.10. The second-order valence-electron chi connectivity index (χ2n) is 5.74. The fourth-order valence-corrected chi connectivity index (χ4v) is 2.17. The van der Waals surface area contributed by atoms with E-state index in [1.165, 1.54) is 0 Å². The van der Waals surface area contributed by atoms with Gasteiger partial charge in [-0.15, -0.1) is 0 Å². The number of nitrogens with two attached hydrogens (primary N) is 1. The molecule has 4 N–H and O–H groups in total. The zero-order valence-electron chi connectivity index (χ0n) is 14.0. The lowest BCUT2D eigenvalue weighted by Crippen LogP contribution is -2.32. The molecule has 6 nitrogen and oxygen atoms in total. The summed E-state index contributed by atoms with van der Waals surface area (Å²) in [6.07, 6.45) is 0. The molecule has 24 heavy (non-hydrogen) atoms. The van der Waals surface area contributed by atoms with Crippen LogP contribution in [0.15, 0.2) is 48.5 Å². The molecule has 0 aliphatic carbocycles. The van der Waals surface area contributed by atoms with E-state index in [1.54, 1.807) is 31.2 Å². The number of hydrogen-bond acceptors (Lipinski definition) is 4. The highest BCUT2D eigenvalue weighted by Crippen LogP contribution is 2.16. The van der Waals surface area contributed by atoms with Gasteiger partial charge in [-0.25, -0.2) is 0 Å². The number of amides is 2. The van der Waals surface area contributed by atoms with E-state index < -0.39 is 11.9 Å². The minimum Gasteiger partial charge on any atom is -0.378 e. The molecule has 0 radical (unpaired) electrons. The zero-order valence-corrected chi connectivity index (χ0v) is 14.0. The fraction of sp³-hybridized carbons (Fsp3) is 0.222. The van der Waals surface area contributed by atoms with Crippen LogP contribution < -0.4 is 21.3 Å². The van der Waals surface area contributed by atoms with E-state index in [-0.39, 0.29) is 5.91 Å². The molecule has 1 unspecified atom stereocenters. The molecule has 0 aliphatic rings. The molecule has 2 aromatic carbocycles. The van der Waals surface area contributed by atoms with Crippen molar-refractivity contribution in [2.75, 3.05) is 29.6 Å². The fourth-order valence-electron chi connectivity index (χ4n) is 2.17. The molecular formula is C18H22N4O2. The molecule has 0 saturated heterocycles. The highest BCUT2D eigenvalue weighted by atomic mass is 16.2. The van der Waals surface area contributed by atoms with Gasteiger partial charge in [-0.1, -0.05) is 6.07 Å². The summed E-state index contributed by atoms with van der Waals surface area (Å²) in [4.78, 5) is 25.5. The first kappa shape index (κ1) is 17.3. The Morgan fingerprint density at radius 2 is 1.71 bits per heavy atom. The first-order chi connectivity index (χ1) is 11.4. The average Bonchev–Trinajstić information content (AvgIpc) is 2.55. The predicted octanol–water partition coefficient (Wildman–Crippen LogP) is 2.29. The van der Waals surface area contributed by atoms with E-state index in [0.29, 0.717) is 11.3 Å². The van der Waals surface area contributed by atoms with Crippen LogP contribution in [0.3, 0.4) is 0 Å². The Balaban J connectivity index is 1.99. The minimum atomic E-state index is -0.503. The van der Waals surface area contributed by atoms with Gasteiger partial charge in [0.1, 0.15) is 6.04 Å². The number of nitrogens with zero attached hydrogens (tertiary/aromatic N) is 1. The summed E-state index contributed by atoms with van der Waals surface area (Å²) in [5, 5.41) is 5.91. The Hall–Kier alpha value is -3.02. The Morgan fingerprint density at radius 3 is 2.29 bits per heavy atom. The van der Waals surface area contributed by atoms with Crippen molar-refractivity contribution in [3.05, 3.63) is 54.1 Å². The first-order valence-corrected chi connectivity index (χ1v) is 7.61. The van der Waals surface area contributed by atoms with Crippen molar-refractivity contribution in [3.8, 4) is 0 Å². The number of nitrogens with one attached hydrogen (secondary N) is 2. The van der Waals surface area contributed by atoms with Gasteiger partial charge in [0.15, 0.2) is 0 Å². The lowest BCUT2D eigenvalue weighted by atomic mass is 10.1. The molecule has 0 saturated carbocycles. The average molecular weight is 326 g/mol. The Labute approximate surface area is 141 Å². The third-order valence-corrected chi connectivity index (χ3v) is 3.57. The molecule has 0 heterocycles. The summed E-state index contributed by atoms with van der Waals surface area (Å²) in [5.74, 6) is -0.672. The molecule has 2 aromatic rings. The van der Waals surface area contributed by atoms with Crippen LogP contribution in [-0.2, 0) is 4.79 Å². The van der Waals surface area contributed by atoms with Gasteiger partial charge in [0.05, 0.1) is 0 Å². The van der Waals surface area contributed by atoms with Gasteiger partial charge in [-0.3, -0.25) is 9.59 Å². The summed E-state index contributed by atoms with van der Waals surface area (Å²) in [6.45, 7) is 1.75. The largest absolute Gasteiger partial charge is 0.378 e. The van der Waals surface area contributed by atoms with Gasteiger partial charge in [-0.2, -0.15) is 0 Å². The van der Waals surface area contributed by atoms with E-state index in [2.05, 4.69) is 10.6 Å². The minimum absolute atomic E-state index is 0.169. The number of anilines is 3. The molecule has 0 bridgehead atoms. The Morgan fingerprint density at radius 1 is 1.04 bits per heavy atom. The molecule has 0 fully saturated rings. The van der Waals surface area contributed by atoms with Crippen molar-refractivity contribution < 1.29 is 9.59 Å². The maximum absolute atomic E-state index is 12.3. The Bertz CT molecular complexity index is 726. The summed E-state index contributed by atoms with van der Waals surface area (Å²) in [6, 6.07) is 13.9. The number of carbonyl (C=O) groups is 2. The third-order valence-electron chi connectivity index (χ3n) is 3.57. The van der Waals surface area contributed by atoms with Crippen LogP contribution in [0.4, 0.5) is 17.1 Å². The SMILES string of the molecule is CC(Nc1cccc(C(N)=O)c1)C(=O)Nc1ccc(N(C)C)cc1. The van der Waals surface area contributed by atoms with Gasteiger partial charge in [0.2, 0.25) is 11.8 Å². The van der Waals surface area contributed by atoms with Crippen molar-refractivity contribution in [2.24, 2.45) is 5.73 Å². The van der Waals surface area contributed by atoms with Gasteiger partial charge in [0.25, 0.3) is 0 Å². The molecular weight excluding hydrogens is 304 g/mol. The maximum Gasteiger partial charge on any atom is 0.248 e. The van der Waals surface area contributed by atoms with Crippen molar-refractivity contribution in [1.29, 1.82) is 0 Å². The van der Waals surface area contributed by atoms with Crippen molar-refractivity contribution in [2.45, 2.75) is 13.0 Å². The topological polar surface area (TPSA) is 87.5 Å². The number of carbonyl (C=O) groups excluding carboxylic acids is 2. The Kier molecular flexibility index (Phi) is 5.42. The smallest absolute Gasteiger partial charge is 0.248 e. The number of primary amides is 1. The van der Waals surface area contributed by atoms with Gasteiger partial charge in [0, 0.05) is 36.7 Å². The predicted molar refractivity (Wildman–Crippen MR) is 97.4 cm³/mol. The summed E-state index contributed by atoms with van der Waals surface area (Å²) in [7, 11) is 3.92. The molecule has 6 heteroatoms. The van der Waals surface area contributed by atoms with Crippen LogP contribution in [0.5, 0.6) is 0 Å². The van der Waals surface area contributed by atoms with Crippen LogP contribution in [0.1, 0.15) is 17.3 Å². The van der Waals surface area contributed by atoms with Crippen LogP contribution in [0.25, 0.3) is 0 Å². The lowest BCUT2D eigenvalue weighted by molar-refractivity contribution is -0.116. The van der Waals surface area contributed by atoms with Gasteiger partial charge < -0.3 is 21.3 Å². The van der Waals surface area contributed by atoms with Crippen LogP contribution >= 0.6 is 0 Å². The zero-order chi connectivity index (χ0) is 17.7. The molecule has 126 valence electrons. The number of benzene rings is 2. The van der Waals surface area contributed by atoms with Crippen LogP contribution in [0.2, 0.25) is 0 Å². The molecule has 0 aliphatic heterocycles. The van der Waals surface area contributed by atoms with Crippen molar-refractivity contribution >= 4 is 28.9 Å². The maximum atomic E-state index is 12.3. The van der Waals surface area contributed by atoms with E-state index in [4.69, 9.17) is 5.73 Å². The molecule has 1 atom stereocenters. The van der Waals surface area contributed by atoms with Crippen molar-refractivity contribution in [3.63, 3.8) is 0 Å². The summed E-state index contributed by atoms with van der Waals surface area (Å²) >= 11 is 0. The lowest BCUT2D eigenvalue weighted by Gasteiger charge is -2.17. The number of hydrogen-bond donors (Lipinski definition) is 3. The van der Waals surface area contributed by atoms with E-state index in [0.717, 1.165) is 11.4 Å². The normalized spacial score (nSPS) is 11.5. The van der Waals surface area contributed by atoms with E-state index in [1.807, 2.05) is 43.3 Å². The van der Waals surface area contributed by atoms with Gasteiger partial charge in [-0.05, 0) is 49.4 Å². The first-order valence-electron chi connectivity index (χ1n) is 7.61. The second-order valence-corrected chi connectivity index (χ2v) is 5.74. The van der Waals surface area contributed by atoms with Crippen LogP contribution in [-0.4, -0.2) is 32.0 Å². The molecule has 0 spiro atoms. The van der Waals surface area contributed by atoms with Crippen molar-refractivity contribution in [1.82, 2.24) is 0 Å². The summed E-state index contributed by atoms with van der Waals surface area (Å²) < 4.78 is 0. The molecule has 0 aromatic heterocycles. The van der Waals surface area contributed by atoms with E-state index in [9.17, 15) is 9.59 Å². The third kappa shape index (κ3) is 4.49. The highest BCUT2D eigenvalue weighted by molar-refractivity contribution is 5.97. The molecule has 2 amide bonds. The quantitative estimate of drug-likeness (QED) is 0.760.